The van der Waals surface area contributed by atoms with Crippen LogP contribution >= 0.6 is 7.82 Å². The van der Waals surface area contributed by atoms with Gasteiger partial charge in [0.2, 0.25) is 5.91 Å². The number of phosphoric acid groups is 1. The second-order valence-electron chi connectivity index (χ2n) is 29.9. The molecule has 103 heavy (non-hydrogen) atoms. The number of nitrogens with one attached hydrogen (secondary N) is 2. The quantitative estimate of drug-likeness (QED) is 0.0124. The minimum atomic E-state index is -4.68. The number of rotatable bonds is 57. The van der Waals surface area contributed by atoms with Crippen molar-refractivity contribution in [2.24, 2.45) is 0 Å². The summed E-state index contributed by atoms with van der Waals surface area (Å²) in [6, 6.07) is 26.5. The highest BCUT2D eigenvalue weighted by Crippen LogP contribution is 2.52. The highest BCUT2D eigenvalue weighted by atomic mass is 31.2. The molecule has 0 spiro atoms. The number of unbranched alkanes of at least 4 members (excludes halogenated alkanes) is 30. The predicted molar refractivity (Wildman–Crippen MR) is 423 cm³/mol. The molecule has 17 heteroatoms. The number of carbonyl (C=O) groups excluding carboxylic acids is 4. The van der Waals surface area contributed by atoms with Gasteiger partial charge in [0.05, 0.1) is 32.5 Å². The SMILES string of the molecule is CCCCCCCCCCCCCCCCCC(=O)OC[C@H](COP(=O)(O)OCCNC(=O)OCCOCCNC(=O)CCCCCN1/C(=C/C=C/C=C/C2N(C)c3ccc4ccccc4c3C2(C)C)C(C)(C)c2c1ccc1ccccc21)OC(=O)CCCCCCCCCCCCCCCCC. The smallest absolute Gasteiger partial charge is 0.462 e. The normalized spacial score (nSPS) is 15.9. The van der Waals surface area contributed by atoms with Gasteiger partial charge in [0.1, 0.15) is 13.2 Å². The second-order valence-corrected chi connectivity index (χ2v) is 31.3. The molecular weight excluding hydrogens is 1310 g/mol. The molecule has 4 aromatic rings. The summed E-state index contributed by atoms with van der Waals surface area (Å²) in [5, 5.41) is 10.5. The number of fused-ring (bicyclic) bond motifs is 6. The van der Waals surface area contributed by atoms with Gasteiger partial charge in [-0.2, -0.15) is 0 Å². The summed E-state index contributed by atoms with van der Waals surface area (Å²) in [6.07, 6.45) is 49.0. The van der Waals surface area contributed by atoms with E-state index in [1.807, 2.05) is 0 Å². The van der Waals surface area contributed by atoms with E-state index >= 15 is 0 Å². The number of carbonyl (C=O) groups is 4. The van der Waals surface area contributed by atoms with E-state index < -0.39 is 38.6 Å². The first-order valence-electron chi connectivity index (χ1n) is 40.3. The molecule has 0 radical (unpaired) electrons. The topological polar surface area (TPSA) is 192 Å². The zero-order valence-electron chi connectivity index (χ0n) is 64.6. The van der Waals surface area contributed by atoms with E-state index in [-0.39, 0.29) is 75.2 Å². The molecule has 2 amide bonds. The first kappa shape index (κ1) is 85.9. The number of nitrogens with zero attached hydrogens (tertiary/aromatic N) is 2. The number of benzene rings is 4. The Balaban J connectivity index is 0.825. The fourth-order valence-corrected chi connectivity index (χ4v) is 15.6. The maximum atomic E-state index is 13.0. The van der Waals surface area contributed by atoms with Gasteiger partial charge in [-0.25, -0.2) is 9.36 Å². The van der Waals surface area contributed by atoms with Crippen molar-refractivity contribution in [2.45, 2.75) is 296 Å². The van der Waals surface area contributed by atoms with Crippen molar-refractivity contribution in [3.63, 3.8) is 0 Å². The molecule has 0 aromatic heterocycles. The molecule has 2 aliphatic rings. The van der Waals surface area contributed by atoms with E-state index in [9.17, 15) is 28.6 Å². The Labute approximate surface area is 620 Å². The van der Waals surface area contributed by atoms with Crippen LogP contribution in [-0.4, -0.2) is 107 Å². The minimum Gasteiger partial charge on any atom is -0.462 e. The highest BCUT2D eigenvalue weighted by molar-refractivity contribution is 7.47. The molecular formula is C86H133N4O12P. The summed E-state index contributed by atoms with van der Waals surface area (Å²) in [5.74, 6) is -0.977. The van der Waals surface area contributed by atoms with Crippen molar-refractivity contribution >= 4 is 64.7 Å². The summed E-state index contributed by atoms with van der Waals surface area (Å²) in [5.41, 5.74) is 6.18. The number of alkyl carbamates (subject to hydrolysis) is 1. The van der Waals surface area contributed by atoms with Crippen LogP contribution < -0.4 is 20.4 Å². The third-order valence-corrected chi connectivity index (χ3v) is 21.7. The monoisotopic (exact) mass is 1440 g/mol. The van der Waals surface area contributed by atoms with E-state index in [1.165, 1.54) is 191 Å². The van der Waals surface area contributed by atoms with Crippen LogP contribution in [0.15, 0.2) is 109 Å². The van der Waals surface area contributed by atoms with Gasteiger partial charge in [-0.15, -0.1) is 0 Å². The fraction of sp³-hybridized carbons (Fsp3) is 0.651. The van der Waals surface area contributed by atoms with Gasteiger partial charge in [-0.1, -0.05) is 313 Å². The van der Waals surface area contributed by atoms with Gasteiger partial charge in [0, 0.05) is 73.8 Å². The van der Waals surface area contributed by atoms with Crippen molar-refractivity contribution in [1.29, 1.82) is 0 Å². The first-order chi connectivity index (χ1) is 50.0. The van der Waals surface area contributed by atoms with Crippen molar-refractivity contribution in [1.82, 2.24) is 10.6 Å². The molecule has 0 saturated carbocycles. The highest BCUT2D eigenvalue weighted by Gasteiger charge is 2.43. The third kappa shape index (κ3) is 31.1. The largest absolute Gasteiger partial charge is 0.472 e. The second kappa shape index (κ2) is 49.0. The molecule has 4 aromatic carbocycles. The number of phosphoric ester groups is 1. The zero-order valence-corrected chi connectivity index (χ0v) is 65.5. The van der Waals surface area contributed by atoms with Gasteiger partial charge in [-0.3, -0.25) is 23.4 Å². The summed E-state index contributed by atoms with van der Waals surface area (Å²) >= 11 is 0. The summed E-state index contributed by atoms with van der Waals surface area (Å²) in [4.78, 5) is 66.5. The Morgan fingerprint density at radius 1 is 0.515 bits per heavy atom. The number of hydrogen-bond acceptors (Lipinski definition) is 13. The van der Waals surface area contributed by atoms with E-state index in [0.717, 1.165) is 64.3 Å². The van der Waals surface area contributed by atoms with E-state index in [2.05, 4.69) is 172 Å². The Morgan fingerprint density at radius 3 is 1.58 bits per heavy atom. The van der Waals surface area contributed by atoms with Gasteiger partial charge in [0.25, 0.3) is 0 Å². The van der Waals surface area contributed by atoms with Gasteiger partial charge < -0.3 is 44.3 Å². The number of likely N-dealkylation sites (N-methyl/N-ethyl adjacent to an activating group) is 1. The van der Waals surface area contributed by atoms with Crippen molar-refractivity contribution in [3.05, 3.63) is 120 Å². The minimum absolute atomic E-state index is 0.0491. The molecule has 3 N–H and O–H groups in total. The molecule has 16 nitrogen and oxygen atoms in total. The maximum absolute atomic E-state index is 13.0. The lowest BCUT2D eigenvalue weighted by molar-refractivity contribution is -0.161. The summed E-state index contributed by atoms with van der Waals surface area (Å²) in [7, 11) is -2.48. The Hall–Kier alpha value is -6.03. The van der Waals surface area contributed by atoms with Crippen molar-refractivity contribution in [2.75, 3.05) is 76.1 Å². The Bertz CT molecular complexity index is 3250. The Morgan fingerprint density at radius 2 is 1.01 bits per heavy atom. The summed E-state index contributed by atoms with van der Waals surface area (Å²) in [6.45, 7) is 13.8. The molecule has 574 valence electrons. The number of anilines is 2. The van der Waals surface area contributed by atoms with Gasteiger partial charge in [0.15, 0.2) is 6.10 Å². The average Bonchev–Trinajstić information content (AvgIpc) is 1.59. The summed E-state index contributed by atoms with van der Waals surface area (Å²) < 4.78 is 45.2. The lowest BCUT2D eigenvalue weighted by atomic mass is 9.78. The van der Waals surface area contributed by atoms with E-state index in [4.69, 9.17) is 28.0 Å². The number of amides is 2. The van der Waals surface area contributed by atoms with E-state index in [0.29, 0.717) is 25.8 Å². The molecule has 0 aliphatic carbocycles. The van der Waals surface area contributed by atoms with Crippen LogP contribution in [0.5, 0.6) is 0 Å². The van der Waals surface area contributed by atoms with Crippen LogP contribution in [0.4, 0.5) is 16.2 Å². The molecule has 2 heterocycles. The van der Waals surface area contributed by atoms with Crippen molar-refractivity contribution < 1.29 is 56.6 Å². The van der Waals surface area contributed by atoms with E-state index in [1.54, 1.807) is 0 Å². The van der Waals surface area contributed by atoms with Crippen molar-refractivity contribution in [3.8, 4) is 0 Å². The number of esters is 2. The molecule has 6 rings (SSSR count). The standard InChI is InChI=1S/C86H133N4O12P/c1-8-10-12-14-16-18-20-22-24-26-28-30-32-34-41-55-80(92)99-68-72(102-81(93)56-42-35-33-31-29-27-25-23-21-19-17-15-13-11-9-2)69-101-103(95,96)100-65-62-88-84(94)98-67-66-97-64-61-87-79(91)54-40-37-47-63-90-76-60-58-71-49-44-46-51-74(71)83(76)86(5,6)78(90)53-39-36-38-52-77-85(3,4)82-73-50-45-43-48-70(73)57-59-75(82)89(77)7/h36,38-39,43-46,48-53,57-60,72,77H,8-35,37,40-42,47,54-56,61-69H2,1-7H3,(H,87,91)(H,88,94)(H,95,96)/b39-36+,52-38+,78-53+/t72-,77?/m1/s1. The lowest BCUT2D eigenvalue weighted by Gasteiger charge is -2.30. The van der Waals surface area contributed by atoms with Crippen LogP contribution in [0.25, 0.3) is 21.5 Å². The fourth-order valence-electron chi connectivity index (χ4n) is 14.9. The lowest BCUT2D eigenvalue weighted by Crippen LogP contribution is -2.37. The molecule has 0 saturated heterocycles. The maximum Gasteiger partial charge on any atom is 0.472 e. The number of ether oxygens (including phenoxy) is 4. The molecule has 2 unspecified atom stereocenters. The van der Waals surface area contributed by atoms with Gasteiger partial charge >= 0.3 is 25.9 Å². The predicted octanol–water partition coefficient (Wildman–Crippen LogP) is 21.4. The first-order valence-corrected chi connectivity index (χ1v) is 41.8. The van der Waals surface area contributed by atoms with Crippen LogP contribution in [-0.2, 0) is 57.8 Å². The zero-order chi connectivity index (χ0) is 73.8. The van der Waals surface area contributed by atoms with Crippen LogP contribution in [0.1, 0.15) is 284 Å². The third-order valence-electron chi connectivity index (χ3n) is 20.7. The Kier molecular flexibility index (Phi) is 40.8. The van der Waals surface area contributed by atoms with Crippen LogP contribution in [0.2, 0.25) is 0 Å². The molecule has 3 atom stereocenters. The molecule has 0 bridgehead atoms. The molecule has 0 fully saturated rings. The van der Waals surface area contributed by atoms with Crippen LogP contribution in [0, 0.1) is 0 Å². The number of allylic oxidation sites excluding steroid dienone is 5. The number of hydrogen-bond donors (Lipinski definition) is 3. The van der Waals surface area contributed by atoms with Crippen LogP contribution in [0.3, 0.4) is 0 Å². The average molecular weight is 1450 g/mol. The molecule has 2 aliphatic heterocycles. The van der Waals surface area contributed by atoms with Gasteiger partial charge in [-0.05, 0) is 76.6 Å².